The van der Waals surface area contributed by atoms with Crippen molar-refractivity contribution in [1.29, 1.82) is 0 Å². The first-order chi connectivity index (χ1) is 14.6. The predicted molar refractivity (Wildman–Crippen MR) is 124 cm³/mol. The largest absolute Gasteiger partial charge is 0.465 e. The molecule has 0 saturated carbocycles. The smallest absolute Gasteiger partial charge is 0.266 e. The van der Waals surface area contributed by atoms with E-state index in [1.54, 1.807) is 24.5 Å². The van der Waals surface area contributed by atoms with E-state index in [-0.39, 0.29) is 24.8 Å². The van der Waals surface area contributed by atoms with Crippen molar-refractivity contribution >= 4 is 51.9 Å². The summed E-state index contributed by atoms with van der Waals surface area (Å²) in [5.74, 6) is 0.208. The molecule has 3 aromatic rings. The van der Waals surface area contributed by atoms with Crippen molar-refractivity contribution in [2.45, 2.75) is 6.42 Å². The predicted octanol–water partition coefficient (Wildman–Crippen LogP) is 5.18. The second-order valence-electron chi connectivity index (χ2n) is 6.59. The van der Waals surface area contributed by atoms with E-state index in [2.05, 4.69) is 5.32 Å². The number of hydrogen-bond acceptors (Lipinski definition) is 5. The summed E-state index contributed by atoms with van der Waals surface area (Å²) in [6.45, 7) is 0.230. The second-order valence-corrected chi connectivity index (χ2v) is 8.27. The van der Waals surface area contributed by atoms with E-state index in [9.17, 15) is 9.59 Å². The van der Waals surface area contributed by atoms with Gasteiger partial charge in [-0.2, -0.15) is 0 Å². The Morgan fingerprint density at radius 2 is 1.77 bits per heavy atom. The number of hydrogen-bond donors (Lipinski definition) is 1. The maximum atomic E-state index is 12.6. The summed E-state index contributed by atoms with van der Waals surface area (Å²) < 4.78 is 5.69. The summed E-state index contributed by atoms with van der Waals surface area (Å²) in [6, 6.07) is 21.2. The molecular weight excluding hydrogens is 416 g/mol. The fourth-order valence-corrected chi connectivity index (χ4v) is 4.30. The van der Waals surface area contributed by atoms with E-state index in [1.165, 1.54) is 16.7 Å². The third kappa shape index (κ3) is 4.69. The van der Waals surface area contributed by atoms with Crippen LogP contribution in [0.4, 0.5) is 5.69 Å². The molecule has 1 N–H and O–H groups in total. The Labute approximate surface area is 183 Å². The summed E-state index contributed by atoms with van der Waals surface area (Å²) >= 11 is 6.51. The highest BCUT2D eigenvalue weighted by molar-refractivity contribution is 8.26. The highest BCUT2D eigenvalue weighted by Gasteiger charge is 2.32. The van der Waals surface area contributed by atoms with Gasteiger partial charge in [0.05, 0.1) is 11.2 Å². The van der Waals surface area contributed by atoms with Gasteiger partial charge in [-0.15, -0.1) is 0 Å². The molecule has 1 aromatic heterocycles. The minimum absolute atomic E-state index is 0.154. The third-order valence-electron chi connectivity index (χ3n) is 4.53. The molecular formula is C23H18N2O3S2. The van der Waals surface area contributed by atoms with E-state index in [0.29, 0.717) is 20.7 Å². The van der Waals surface area contributed by atoms with Crippen molar-refractivity contribution in [2.24, 2.45) is 0 Å². The number of benzene rings is 2. The van der Waals surface area contributed by atoms with E-state index in [1.807, 2.05) is 54.6 Å². The van der Waals surface area contributed by atoms with Gasteiger partial charge in [0.15, 0.2) is 0 Å². The molecule has 1 fully saturated rings. The van der Waals surface area contributed by atoms with Gasteiger partial charge in [0.25, 0.3) is 5.91 Å². The van der Waals surface area contributed by atoms with Crippen LogP contribution in [0, 0.1) is 0 Å². The van der Waals surface area contributed by atoms with Gasteiger partial charge in [0, 0.05) is 24.7 Å². The van der Waals surface area contributed by atoms with Gasteiger partial charge < -0.3 is 9.73 Å². The fourth-order valence-electron chi connectivity index (χ4n) is 3.01. The van der Waals surface area contributed by atoms with E-state index >= 15 is 0 Å². The Morgan fingerprint density at radius 3 is 2.47 bits per heavy atom. The van der Waals surface area contributed by atoms with Gasteiger partial charge in [-0.25, -0.2) is 0 Å². The standard InChI is InChI=1S/C23H18N2O3S2/c26-21(24-18-10-8-17(9-11-18)16-5-2-1-3-6-16)12-13-25-22(27)20(30-23(25)29)15-19-7-4-14-28-19/h1-11,14-15H,12-13H2,(H,24,26). The van der Waals surface area contributed by atoms with Gasteiger partial charge in [-0.05, 0) is 35.4 Å². The average Bonchev–Trinajstić information content (AvgIpc) is 3.36. The lowest BCUT2D eigenvalue weighted by atomic mass is 10.1. The Kier molecular flexibility index (Phi) is 6.11. The molecule has 1 saturated heterocycles. The van der Waals surface area contributed by atoms with Crippen LogP contribution in [0.25, 0.3) is 17.2 Å². The first-order valence-electron chi connectivity index (χ1n) is 9.34. The normalized spacial score (nSPS) is 15.1. The van der Waals surface area contributed by atoms with Crippen LogP contribution < -0.4 is 5.32 Å². The monoisotopic (exact) mass is 434 g/mol. The van der Waals surface area contributed by atoms with E-state index in [4.69, 9.17) is 16.6 Å². The zero-order valence-corrected chi connectivity index (χ0v) is 17.5. The number of nitrogens with zero attached hydrogens (tertiary/aromatic N) is 1. The Balaban J connectivity index is 1.32. The van der Waals surface area contributed by atoms with Crippen LogP contribution in [0.2, 0.25) is 0 Å². The topological polar surface area (TPSA) is 62.6 Å². The first kappa shape index (κ1) is 20.1. The molecule has 7 heteroatoms. The average molecular weight is 435 g/mol. The summed E-state index contributed by atoms with van der Waals surface area (Å²) in [6.07, 6.45) is 3.36. The number of amides is 2. The summed E-state index contributed by atoms with van der Waals surface area (Å²) in [5, 5.41) is 2.87. The third-order valence-corrected chi connectivity index (χ3v) is 5.91. The minimum atomic E-state index is -0.207. The molecule has 2 amide bonds. The molecule has 1 aliphatic heterocycles. The molecule has 2 aromatic carbocycles. The number of rotatable bonds is 6. The Morgan fingerprint density at radius 1 is 1.03 bits per heavy atom. The zero-order valence-electron chi connectivity index (χ0n) is 15.9. The van der Waals surface area contributed by atoms with Gasteiger partial charge in [-0.3, -0.25) is 14.5 Å². The van der Waals surface area contributed by atoms with Crippen LogP contribution in [0.15, 0.2) is 82.3 Å². The quantitative estimate of drug-likeness (QED) is 0.428. The van der Waals surface area contributed by atoms with Crippen LogP contribution >= 0.6 is 24.0 Å². The Bertz CT molecular complexity index is 1090. The molecule has 30 heavy (non-hydrogen) atoms. The molecule has 0 aliphatic carbocycles. The molecule has 0 bridgehead atoms. The SMILES string of the molecule is O=C(CCN1C(=O)C(=Cc2ccco2)SC1=S)Nc1ccc(-c2ccccc2)cc1. The van der Waals surface area contributed by atoms with Gasteiger partial charge in [0.1, 0.15) is 10.1 Å². The highest BCUT2D eigenvalue weighted by Crippen LogP contribution is 2.32. The van der Waals surface area contributed by atoms with Crippen LogP contribution in [0.1, 0.15) is 12.2 Å². The van der Waals surface area contributed by atoms with Crippen LogP contribution in [0.5, 0.6) is 0 Å². The highest BCUT2D eigenvalue weighted by atomic mass is 32.2. The van der Waals surface area contributed by atoms with Gasteiger partial charge >= 0.3 is 0 Å². The van der Waals surface area contributed by atoms with Crippen molar-refractivity contribution in [3.8, 4) is 11.1 Å². The second kappa shape index (κ2) is 9.11. The molecule has 0 unspecified atom stereocenters. The molecule has 0 radical (unpaired) electrons. The summed E-state index contributed by atoms with van der Waals surface area (Å²) in [7, 11) is 0. The van der Waals surface area contributed by atoms with Crippen LogP contribution in [-0.4, -0.2) is 27.6 Å². The number of nitrogens with one attached hydrogen (secondary N) is 1. The Hall–Kier alpha value is -3.16. The zero-order chi connectivity index (χ0) is 20.9. The summed E-state index contributed by atoms with van der Waals surface area (Å²) in [4.78, 5) is 26.9. The number of furan rings is 1. The molecule has 2 heterocycles. The first-order valence-corrected chi connectivity index (χ1v) is 10.6. The molecule has 1 aliphatic rings. The van der Waals surface area contributed by atoms with Crippen molar-refractivity contribution in [3.63, 3.8) is 0 Å². The number of thiocarbonyl (C=S) groups is 1. The number of carbonyl (C=O) groups excluding carboxylic acids is 2. The molecule has 0 atom stereocenters. The lowest BCUT2D eigenvalue weighted by Gasteiger charge is -2.14. The van der Waals surface area contributed by atoms with Crippen molar-refractivity contribution < 1.29 is 14.0 Å². The van der Waals surface area contributed by atoms with Crippen molar-refractivity contribution in [2.75, 3.05) is 11.9 Å². The van der Waals surface area contributed by atoms with Crippen molar-refractivity contribution in [1.82, 2.24) is 4.90 Å². The molecule has 4 rings (SSSR count). The fraction of sp³-hybridized carbons (Fsp3) is 0.0870. The number of carbonyl (C=O) groups is 2. The summed E-state index contributed by atoms with van der Waals surface area (Å²) in [5.41, 5.74) is 2.91. The van der Waals surface area contributed by atoms with E-state index in [0.717, 1.165) is 11.1 Å². The van der Waals surface area contributed by atoms with Crippen LogP contribution in [-0.2, 0) is 9.59 Å². The van der Waals surface area contributed by atoms with E-state index < -0.39 is 0 Å². The maximum absolute atomic E-state index is 12.6. The lowest BCUT2D eigenvalue weighted by molar-refractivity contribution is -0.122. The maximum Gasteiger partial charge on any atom is 0.266 e. The lowest BCUT2D eigenvalue weighted by Crippen LogP contribution is -2.31. The molecule has 0 spiro atoms. The molecule has 5 nitrogen and oxygen atoms in total. The molecule has 150 valence electrons. The minimum Gasteiger partial charge on any atom is -0.465 e. The van der Waals surface area contributed by atoms with Crippen molar-refractivity contribution in [3.05, 3.63) is 83.7 Å². The number of anilines is 1. The van der Waals surface area contributed by atoms with Gasteiger partial charge in [0.2, 0.25) is 5.91 Å². The number of thioether (sulfide) groups is 1. The van der Waals surface area contributed by atoms with Crippen LogP contribution in [0.3, 0.4) is 0 Å². The van der Waals surface area contributed by atoms with Gasteiger partial charge in [-0.1, -0.05) is 66.4 Å².